The van der Waals surface area contributed by atoms with Crippen molar-refractivity contribution in [2.45, 2.75) is 6.42 Å². The Morgan fingerprint density at radius 3 is 2.78 bits per heavy atom. The third-order valence-corrected chi connectivity index (χ3v) is 1.78. The van der Waals surface area contributed by atoms with Crippen LogP contribution in [-0.4, -0.2) is 24.8 Å². The molecule has 1 atom stereocenters. The van der Waals surface area contributed by atoms with Crippen molar-refractivity contribution in [2.75, 3.05) is 19.7 Å². The van der Waals surface area contributed by atoms with Crippen molar-refractivity contribution in [3.05, 3.63) is 0 Å². The SMILES string of the molecule is N#C[C@]1(CO)CCNC1. The lowest BCUT2D eigenvalue weighted by Crippen LogP contribution is -2.25. The molecule has 1 rings (SSSR count). The van der Waals surface area contributed by atoms with Gasteiger partial charge in [-0.05, 0) is 13.0 Å². The molecule has 1 saturated heterocycles. The summed E-state index contributed by atoms with van der Waals surface area (Å²) >= 11 is 0. The normalized spacial score (nSPS) is 34.2. The van der Waals surface area contributed by atoms with Gasteiger partial charge in [0.1, 0.15) is 0 Å². The molecule has 50 valence electrons. The average molecular weight is 126 g/mol. The molecule has 2 N–H and O–H groups in total. The highest BCUT2D eigenvalue weighted by molar-refractivity contribution is 5.03. The van der Waals surface area contributed by atoms with Crippen LogP contribution in [0, 0.1) is 16.7 Å². The molecule has 1 heterocycles. The van der Waals surface area contributed by atoms with Crippen molar-refractivity contribution in [2.24, 2.45) is 5.41 Å². The molecule has 0 saturated carbocycles. The van der Waals surface area contributed by atoms with Gasteiger partial charge in [-0.15, -0.1) is 0 Å². The lowest BCUT2D eigenvalue weighted by atomic mass is 9.91. The molecular weight excluding hydrogens is 116 g/mol. The molecule has 0 bridgehead atoms. The van der Waals surface area contributed by atoms with E-state index >= 15 is 0 Å². The van der Waals surface area contributed by atoms with E-state index in [-0.39, 0.29) is 6.61 Å². The molecule has 9 heavy (non-hydrogen) atoms. The molecule has 1 fully saturated rings. The summed E-state index contributed by atoms with van der Waals surface area (Å²) in [5.74, 6) is 0. The van der Waals surface area contributed by atoms with E-state index in [1.807, 2.05) is 0 Å². The summed E-state index contributed by atoms with van der Waals surface area (Å²) in [5, 5.41) is 20.4. The molecule has 0 aromatic rings. The molecule has 0 aromatic heterocycles. The minimum Gasteiger partial charge on any atom is -0.395 e. The Bertz CT molecular complexity index is 132. The van der Waals surface area contributed by atoms with Gasteiger partial charge in [-0.2, -0.15) is 5.26 Å². The van der Waals surface area contributed by atoms with Crippen LogP contribution in [0.15, 0.2) is 0 Å². The van der Waals surface area contributed by atoms with E-state index in [4.69, 9.17) is 10.4 Å². The topological polar surface area (TPSA) is 56.0 Å². The summed E-state index contributed by atoms with van der Waals surface area (Å²) in [4.78, 5) is 0. The van der Waals surface area contributed by atoms with Crippen LogP contribution in [0.1, 0.15) is 6.42 Å². The third kappa shape index (κ3) is 1.04. The number of hydrogen-bond acceptors (Lipinski definition) is 3. The fraction of sp³-hybridized carbons (Fsp3) is 0.833. The first-order chi connectivity index (χ1) is 4.33. The Morgan fingerprint density at radius 1 is 1.78 bits per heavy atom. The maximum atomic E-state index is 8.75. The van der Waals surface area contributed by atoms with Gasteiger partial charge in [-0.3, -0.25) is 0 Å². The van der Waals surface area contributed by atoms with Crippen molar-refractivity contribution < 1.29 is 5.11 Å². The Labute approximate surface area is 54.3 Å². The van der Waals surface area contributed by atoms with E-state index in [0.717, 1.165) is 13.0 Å². The molecule has 0 aliphatic carbocycles. The number of rotatable bonds is 1. The summed E-state index contributed by atoms with van der Waals surface area (Å²) in [6.07, 6.45) is 0.778. The quantitative estimate of drug-likeness (QED) is 0.497. The third-order valence-electron chi connectivity index (χ3n) is 1.78. The number of hydrogen-bond donors (Lipinski definition) is 2. The van der Waals surface area contributed by atoms with Crippen molar-refractivity contribution in [1.29, 1.82) is 5.26 Å². The summed E-state index contributed by atoms with van der Waals surface area (Å²) in [7, 11) is 0. The highest BCUT2D eigenvalue weighted by Gasteiger charge is 2.32. The maximum Gasteiger partial charge on any atom is 0.0939 e. The Hall–Kier alpha value is -0.590. The highest BCUT2D eigenvalue weighted by Crippen LogP contribution is 2.22. The lowest BCUT2D eigenvalue weighted by molar-refractivity contribution is 0.191. The van der Waals surface area contributed by atoms with Crippen LogP contribution in [0.5, 0.6) is 0 Å². The van der Waals surface area contributed by atoms with E-state index < -0.39 is 5.41 Å². The van der Waals surface area contributed by atoms with E-state index in [1.165, 1.54) is 0 Å². The Balaban J connectivity index is 2.59. The van der Waals surface area contributed by atoms with Crippen LogP contribution in [0.3, 0.4) is 0 Å². The molecule has 1 aliphatic rings. The van der Waals surface area contributed by atoms with Gasteiger partial charge < -0.3 is 10.4 Å². The summed E-state index contributed by atoms with van der Waals surface area (Å²) in [5.41, 5.74) is -0.472. The van der Waals surface area contributed by atoms with Gasteiger partial charge in [0.2, 0.25) is 0 Å². The van der Waals surface area contributed by atoms with Crippen LogP contribution in [0.25, 0.3) is 0 Å². The predicted octanol–water partition coefficient (Wildman–Crippen LogP) is -0.518. The van der Waals surface area contributed by atoms with E-state index in [9.17, 15) is 0 Å². The zero-order valence-electron chi connectivity index (χ0n) is 5.22. The van der Waals surface area contributed by atoms with Crippen molar-refractivity contribution >= 4 is 0 Å². The maximum absolute atomic E-state index is 8.75. The zero-order chi connectivity index (χ0) is 6.74. The number of nitriles is 1. The van der Waals surface area contributed by atoms with Crippen LogP contribution in [0.2, 0.25) is 0 Å². The van der Waals surface area contributed by atoms with Gasteiger partial charge >= 0.3 is 0 Å². The minimum atomic E-state index is -0.472. The summed E-state index contributed by atoms with van der Waals surface area (Å²) in [6.45, 7) is 1.48. The average Bonchev–Trinajstić information content (AvgIpc) is 2.36. The van der Waals surface area contributed by atoms with Gasteiger partial charge in [0.05, 0.1) is 18.1 Å². The van der Waals surface area contributed by atoms with Crippen LogP contribution >= 0.6 is 0 Å². The number of aliphatic hydroxyl groups is 1. The first kappa shape index (κ1) is 6.53. The minimum absolute atomic E-state index is 0.0174. The van der Waals surface area contributed by atoms with Gasteiger partial charge in [-0.25, -0.2) is 0 Å². The largest absolute Gasteiger partial charge is 0.395 e. The van der Waals surface area contributed by atoms with Crippen molar-refractivity contribution in [3.8, 4) is 6.07 Å². The van der Waals surface area contributed by atoms with Crippen LogP contribution < -0.4 is 5.32 Å². The Morgan fingerprint density at radius 2 is 2.56 bits per heavy atom. The number of nitrogens with zero attached hydrogens (tertiary/aromatic N) is 1. The standard InChI is InChI=1S/C6H10N2O/c7-3-6(5-9)1-2-8-4-6/h8-9H,1-2,4-5H2/t6-/m1/s1. The first-order valence-electron chi connectivity index (χ1n) is 3.06. The van der Waals surface area contributed by atoms with Gasteiger partial charge in [-0.1, -0.05) is 0 Å². The van der Waals surface area contributed by atoms with Crippen LogP contribution in [0.4, 0.5) is 0 Å². The smallest absolute Gasteiger partial charge is 0.0939 e. The molecular formula is C6H10N2O. The molecule has 0 spiro atoms. The summed E-state index contributed by atoms with van der Waals surface area (Å²) < 4.78 is 0. The monoisotopic (exact) mass is 126 g/mol. The van der Waals surface area contributed by atoms with Gasteiger partial charge in [0.25, 0.3) is 0 Å². The molecule has 3 heteroatoms. The molecule has 0 amide bonds. The van der Waals surface area contributed by atoms with E-state index in [1.54, 1.807) is 0 Å². The fourth-order valence-electron chi connectivity index (χ4n) is 1.01. The summed E-state index contributed by atoms with van der Waals surface area (Å²) in [6, 6.07) is 2.11. The van der Waals surface area contributed by atoms with Crippen molar-refractivity contribution in [3.63, 3.8) is 0 Å². The van der Waals surface area contributed by atoms with Crippen molar-refractivity contribution in [1.82, 2.24) is 5.32 Å². The molecule has 0 aromatic carbocycles. The van der Waals surface area contributed by atoms with E-state index in [2.05, 4.69) is 11.4 Å². The van der Waals surface area contributed by atoms with E-state index in [0.29, 0.717) is 6.54 Å². The molecule has 0 radical (unpaired) electrons. The lowest BCUT2D eigenvalue weighted by Gasteiger charge is -2.13. The molecule has 0 unspecified atom stereocenters. The zero-order valence-corrected chi connectivity index (χ0v) is 5.22. The van der Waals surface area contributed by atoms with Crippen LogP contribution in [-0.2, 0) is 0 Å². The highest BCUT2D eigenvalue weighted by atomic mass is 16.3. The number of aliphatic hydroxyl groups excluding tert-OH is 1. The predicted molar refractivity (Wildman–Crippen MR) is 32.6 cm³/mol. The van der Waals surface area contributed by atoms with Gasteiger partial charge in [0, 0.05) is 6.54 Å². The second kappa shape index (κ2) is 2.34. The molecule has 3 nitrogen and oxygen atoms in total. The first-order valence-corrected chi connectivity index (χ1v) is 3.06. The second-order valence-electron chi connectivity index (χ2n) is 2.48. The molecule has 1 aliphatic heterocycles. The van der Waals surface area contributed by atoms with Gasteiger partial charge in [0.15, 0.2) is 0 Å². The Kier molecular flexibility index (Phi) is 1.70. The second-order valence-corrected chi connectivity index (χ2v) is 2.48. The fourth-order valence-corrected chi connectivity index (χ4v) is 1.01. The number of nitrogens with one attached hydrogen (secondary N) is 1.